The maximum absolute atomic E-state index is 12.2. The predicted molar refractivity (Wildman–Crippen MR) is 97.5 cm³/mol. The van der Waals surface area contributed by atoms with E-state index in [-0.39, 0.29) is 11.9 Å². The molecule has 0 saturated heterocycles. The van der Waals surface area contributed by atoms with E-state index in [1.165, 1.54) is 11.3 Å². The van der Waals surface area contributed by atoms with Gasteiger partial charge in [-0.1, -0.05) is 12.1 Å². The molecule has 1 unspecified atom stereocenters. The Kier molecular flexibility index (Phi) is 4.90. The molecule has 2 heterocycles. The molecular formula is C17H17N4OS2+. The average molecular weight is 357 g/mol. The minimum Gasteiger partial charge on any atom is -0.322 e. The van der Waals surface area contributed by atoms with Gasteiger partial charge in [0.15, 0.2) is 11.6 Å². The van der Waals surface area contributed by atoms with Gasteiger partial charge >= 0.3 is 0 Å². The Labute approximate surface area is 148 Å². The van der Waals surface area contributed by atoms with E-state index in [2.05, 4.69) is 29.4 Å². The van der Waals surface area contributed by atoms with Crippen molar-refractivity contribution in [3.8, 4) is 6.07 Å². The highest BCUT2D eigenvalue weighted by atomic mass is 32.1. The number of likely N-dealkylation sites (N-methyl/N-ethyl adjacent to an activating group) is 1. The predicted octanol–water partition coefficient (Wildman–Crippen LogP) is 2.44. The molecule has 0 spiro atoms. The van der Waals surface area contributed by atoms with Gasteiger partial charge in [0, 0.05) is 0 Å². The number of nitrogens with one attached hydrogen (secondary N) is 2. The largest absolute Gasteiger partial charge is 0.322 e. The Hall–Kier alpha value is -2.27. The van der Waals surface area contributed by atoms with Crippen molar-refractivity contribution in [2.75, 3.05) is 18.9 Å². The highest BCUT2D eigenvalue weighted by Gasteiger charge is 2.22. The molecule has 0 saturated carbocycles. The number of quaternary nitrogens is 1. The van der Waals surface area contributed by atoms with Crippen molar-refractivity contribution in [3.05, 3.63) is 46.3 Å². The monoisotopic (exact) mass is 357 g/mol. The molecule has 3 rings (SSSR count). The number of carbonyl (C=O) groups excluding carboxylic acids is 1. The lowest BCUT2D eigenvalue weighted by Gasteiger charge is -2.19. The maximum atomic E-state index is 12.2. The second-order valence-corrected chi connectivity index (χ2v) is 7.57. The van der Waals surface area contributed by atoms with Crippen molar-refractivity contribution in [1.82, 2.24) is 4.98 Å². The molecule has 7 heteroatoms. The Bertz CT molecular complexity index is 876. The number of anilines is 1. The zero-order valence-corrected chi connectivity index (χ0v) is 15.0. The summed E-state index contributed by atoms with van der Waals surface area (Å²) in [6, 6.07) is 12.0. The second-order valence-electron chi connectivity index (χ2n) is 5.59. The number of thiazole rings is 1. The highest BCUT2D eigenvalue weighted by Crippen LogP contribution is 2.25. The first-order chi connectivity index (χ1) is 11.6. The van der Waals surface area contributed by atoms with Crippen LogP contribution in [0.4, 0.5) is 5.00 Å². The molecule has 0 bridgehead atoms. The summed E-state index contributed by atoms with van der Waals surface area (Å²) in [4.78, 5) is 18.0. The minimum atomic E-state index is -0.0978. The summed E-state index contributed by atoms with van der Waals surface area (Å²) in [6.07, 6.45) is 0. The minimum absolute atomic E-state index is 0.0978. The normalized spacial score (nSPS) is 13.4. The summed E-state index contributed by atoms with van der Waals surface area (Å²) in [6.45, 7) is 2.39. The van der Waals surface area contributed by atoms with E-state index < -0.39 is 0 Å². The van der Waals surface area contributed by atoms with Gasteiger partial charge in [0.2, 0.25) is 0 Å². The Balaban J connectivity index is 1.66. The van der Waals surface area contributed by atoms with Crippen LogP contribution in [0.5, 0.6) is 0 Å². The quantitative estimate of drug-likeness (QED) is 0.737. The molecule has 2 aromatic heterocycles. The lowest BCUT2D eigenvalue weighted by Crippen LogP contribution is -3.10. The fourth-order valence-corrected chi connectivity index (χ4v) is 4.22. The molecule has 122 valence electrons. The van der Waals surface area contributed by atoms with Crippen LogP contribution in [-0.4, -0.2) is 24.5 Å². The number of fused-ring (bicyclic) bond motifs is 1. The van der Waals surface area contributed by atoms with Crippen LogP contribution in [0.3, 0.4) is 0 Å². The van der Waals surface area contributed by atoms with Crippen LogP contribution in [-0.2, 0) is 4.79 Å². The number of nitrogens with zero attached hydrogens (tertiary/aromatic N) is 2. The molecule has 0 radical (unpaired) electrons. The summed E-state index contributed by atoms with van der Waals surface area (Å²) in [5, 5.41) is 15.3. The number of nitriles is 1. The van der Waals surface area contributed by atoms with Gasteiger partial charge in [-0.3, -0.25) is 4.79 Å². The Morgan fingerprint density at radius 3 is 2.96 bits per heavy atom. The first kappa shape index (κ1) is 16.6. The fraction of sp³-hybridized carbons (Fsp3) is 0.235. The van der Waals surface area contributed by atoms with Crippen LogP contribution in [0.25, 0.3) is 10.2 Å². The van der Waals surface area contributed by atoms with Crippen LogP contribution in [0.15, 0.2) is 35.7 Å². The van der Waals surface area contributed by atoms with Crippen LogP contribution in [0.2, 0.25) is 0 Å². The van der Waals surface area contributed by atoms with E-state index in [0.29, 0.717) is 17.1 Å². The number of aromatic nitrogens is 1. The van der Waals surface area contributed by atoms with Crippen LogP contribution >= 0.6 is 22.7 Å². The number of para-hydroxylation sites is 1. The lowest BCUT2D eigenvalue weighted by atomic mass is 10.3. The summed E-state index contributed by atoms with van der Waals surface area (Å²) in [7, 11) is 1.98. The Morgan fingerprint density at radius 2 is 2.21 bits per heavy atom. The molecule has 0 aliphatic rings. The van der Waals surface area contributed by atoms with Gasteiger partial charge in [-0.15, -0.1) is 22.7 Å². The SMILES string of the molecule is C[C@@H](c1nc2ccccc2s1)[NH+](C)CC(=O)Nc1sccc1C#N. The van der Waals surface area contributed by atoms with Crippen molar-refractivity contribution >= 4 is 43.8 Å². The number of carbonyl (C=O) groups is 1. The van der Waals surface area contributed by atoms with Crippen molar-refractivity contribution in [1.29, 1.82) is 5.26 Å². The maximum Gasteiger partial charge on any atom is 0.280 e. The van der Waals surface area contributed by atoms with Crippen LogP contribution in [0, 0.1) is 11.3 Å². The molecule has 1 aromatic carbocycles. The second kappa shape index (κ2) is 7.09. The van der Waals surface area contributed by atoms with Crippen LogP contribution in [0.1, 0.15) is 23.5 Å². The molecule has 2 N–H and O–H groups in total. The van der Waals surface area contributed by atoms with E-state index in [1.54, 1.807) is 22.8 Å². The van der Waals surface area contributed by atoms with Gasteiger partial charge in [-0.05, 0) is 30.5 Å². The standard InChI is InChI=1S/C17H16N4OS2/c1-11(16-19-13-5-3-4-6-14(13)24-16)21(2)10-15(22)20-17-12(9-18)7-8-23-17/h3-8,11H,10H2,1-2H3,(H,20,22)/p+1/t11-/m0/s1. The van der Waals surface area contributed by atoms with Gasteiger partial charge < -0.3 is 10.2 Å². The van der Waals surface area contributed by atoms with Crippen LogP contribution < -0.4 is 10.2 Å². The number of benzene rings is 1. The third-order valence-electron chi connectivity index (χ3n) is 3.90. The van der Waals surface area contributed by atoms with Gasteiger partial charge in [-0.2, -0.15) is 5.26 Å². The number of thiophene rings is 1. The topological polar surface area (TPSA) is 70.2 Å². The van der Waals surface area contributed by atoms with Gasteiger partial charge in [0.1, 0.15) is 17.1 Å². The lowest BCUT2D eigenvalue weighted by molar-refractivity contribution is -0.902. The third kappa shape index (κ3) is 3.46. The molecule has 24 heavy (non-hydrogen) atoms. The average Bonchev–Trinajstić information content (AvgIpc) is 3.19. The summed E-state index contributed by atoms with van der Waals surface area (Å²) >= 11 is 3.03. The first-order valence-electron chi connectivity index (χ1n) is 7.53. The Morgan fingerprint density at radius 1 is 1.42 bits per heavy atom. The smallest absolute Gasteiger partial charge is 0.280 e. The van der Waals surface area contributed by atoms with Crippen molar-refractivity contribution in [3.63, 3.8) is 0 Å². The van der Waals surface area contributed by atoms with Gasteiger partial charge in [0.05, 0.1) is 22.8 Å². The summed E-state index contributed by atoms with van der Waals surface area (Å²) in [5.41, 5.74) is 1.50. The van der Waals surface area contributed by atoms with E-state index in [9.17, 15) is 4.79 Å². The fourth-order valence-electron chi connectivity index (χ4n) is 2.36. The molecule has 2 atom stereocenters. The molecule has 3 aromatic rings. The highest BCUT2D eigenvalue weighted by molar-refractivity contribution is 7.18. The number of hydrogen-bond acceptors (Lipinski definition) is 5. The molecule has 0 aliphatic heterocycles. The van der Waals surface area contributed by atoms with E-state index >= 15 is 0 Å². The van der Waals surface area contributed by atoms with E-state index in [4.69, 9.17) is 5.26 Å². The third-order valence-corrected chi connectivity index (χ3v) is 5.95. The molecule has 0 aliphatic carbocycles. The molecule has 5 nitrogen and oxygen atoms in total. The molecule has 1 amide bonds. The summed E-state index contributed by atoms with van der Waals surface area (Å²) < 4.78 is 1.16. The first-order valence-corrected chi connectivity index (χ1v) is 9.23. The van der Waals surface area contributed by atoms with Crippen molar-refractivity contribution in [2.45, 2.75) is 13.0 Å². The summed E-state index contributed by atoms with van der Waals surface area (Å²) in [5.74, 6) is -0.0978. The van der Waals surface area contributed by atoms with E-state index in [1.807, 2.05) is 25.2 Å². The van der Waals surface area contributed by atoms with Crippen molar-refractivity contribution in [2.24, 2.45) is 0 Å². The number of hydrogen-bond donors (Lipinski definition) is 2. The van der Waals surface area contributed by atoms with Gasteiger partial charge in [0.25, 0.3) is 5.91 Å². The zero-order valence-electron chi connectivity index (χ0n) is 13.4. The molecular weight excluding hydrogens is 340 g/mol. The molecule has 0 fully saturated rings. The zero-order chi connectivity index (χ0) is 17.1. The number of rotatable bonds is 5. The van der Waals surface area contributed by atoms with E-state index in [0.717, 1.165) is 20.1 Å². The van der Waals surface area contributed by atoms with Gasteiger partial charge in [-0.25, -0.2) is 4.98 Å². The van der Waals surface area contributed by atoms with Crippen molar-refractivity contribution < 1.29 is 9.69 Å². The number of amides is 1.